The molecular formula is C23H26LiNO7. The minimum absolute atomic E-state index is 0. The van der Waals surface area contributed by atoms with Gasteiger partial charge in [-0.05, 0) is 38.5 Å². The van der Waals surface area contributed by atoms with Crippen molar-refractivity contribution >= 4 is 12.1 Å². The molecule has 166 valence electrons. The molecule has 2 aromatic carbocycles. The second-order valence-electron chi connectivity index (χ2n) is 8.05. The number of carboxylic acids is 1. The SMILES string of the molecule is COc1cccc(OC)c1C1O[C@@H](C(=O)[O-])[C@H](c2ccccc2)N1C(=O)OC(C)(C)C.[Li+]. The number of carbonyl (C=O) groups is 2. The van der Waals surface area contributed by atoms with Crippen LogP contribution in [0.3, 0.4) is 0 Å². The van der Waals surface area contributed by atoms with E-state index in [2.05, 4.69) is 0 Å². The zero-order chi connectivity index (χ0) is 22.8. The summed E-state index contributed by atoms with van der Waals surface area (Å²) in [6, 6.07) is 12.9. The molecule has 9 heteroatoms. The molecule has 0 radical (unpaired) electrons. The topological polar surface area (TPSA) is 97.4 Å². The van der Waals surface area contributed by atoms with Crippen LogP contribution in [0, 0.1) is 0 Å². The normalized spacial score (nSPS) is 20.3. The number of ether oxygens (including phenoxy) is 4. The number of amides is 1. The quantitative estimate of drug-likeness (QED) is 0.602. The van der Waals surface area contributed by atoms with E-state index in [0.717, 1.165) is 0 Å². The number of hydrogen-bond acceptors (Lipinski definition) is 7. The summed E-state index contributed by atoms with van der Waals surface area (Å²) in [7, 11) is 2.94. The van der Waals surface area contributed by atoms with E-state index in [9.17, 15) is 14.7 Å². The number of carbonyl (C=O) groups excluding carboxylic acids is 2. The van der Waals surface area contributed by atoms with Gasteiger partial charge < -0.3 is 28.8 Å². The summed E-state index contributed by atoms with van der Waals surface area (Å²) in [5, 5.41) is 12.0. The van der Waals surface area contributed by atoms with Crippen molar-refractivity contribution < 1.29 is 52.5 Å². The molecule has 0 aliphatic carbocycles. The Bertz CT molecular complexity index is 923. The van der Waals surface area contributed by atoms with Gasteiger partial charge in [-0.15, -0.1) is 0 Å². The Kier molecular flexibility index (Phi) is 8.24. The van der Waals surface area contributed by atoms with Gasteiger partial charge in [0.1, 0.15) is 23.2 Å². The van der Waals surface area contributed by atoms with Gasteiger partial charge in [-0.25, -0.2) is 4.79 Å². The molecule has 1 aliphatic rings. The maximum Gasteiger partial charge on any atom is 1.00 e. The van der Waals surface area contributed by atoms with E-state index >= 15 is 0 Å². The maximum atomic E-state index is 13.3. The number of carboxylic acid groups (broad SMARTS) is 1. The molecule has 2 aromatic rings. The Morgan fingerprint density at radius 1 is 0.969 bits per heavy atom. The van der Waals surface area contributed by atoms with E-state index in [-0.39, 0.29) is 18.9 Å². The zero-order valence-corrected chi connectivity index (χ0v) is 19.2. The predicted molar refractivity (Wildman–Crippen MR) is 109 cm³/mol. The van der Waals surface area contributed by atoms with Crippen LogP contribution < -0.4 is 33.4 Å². The number of nitrogens with zero attached hydrogens (tertiary/aromatic N) is 1. The third kappa shape index (κ3) is 5.21. The first kappa shape index (κ1) is 25.6. The average Bonchev–Trinajstić information content (AvgIpc) is 3.13. The van der Waals surface area contributed by atoms with Crippen molar-refractivity contribution in [1.82, 2.24) is 4.90 Å². The van der Waals surface area contributed by atoms with Gasteiger partial charge in [-0.1, -0.05) is 36.4 Å². The van der Waals surface area contributed by atoms with Crippen LogP contribution in [0.5, 0.6) is 11.5 Å². The van der Waals surface area contributed by atoms with Crippen LogP contribution in [-0.4, -0.2) is 42.9 Å². The Balaban J connectivity index is 0.00000363. The van der Waals surface area contributed by atoms with Crippen LogP contribution >= 0.6 is 0 Å². The van der Waals surface area contributed by atoms with Crippen LogP contribution in [0.2, 0.25) is 0 Å². The van der Waals surface area contributed by atoms with Crippen molar-refractivity contribution in [3.8, 4) is 11.5 Å². The van der Waals surface area contributed by atoms with Gasteiger partial charge in [0.25, 0.3) is 0 Å². The van der Waals surface area contributed by atoms with Crippen molar-refractivity contribution in [2.45, 2.75) is 44.7 Å². The minimum Gasteiger partial charge on any atom is -0.547 e. The van der Waals surface area contributed by atoms with Crippen LogP contribution in [-0.2, 0) is 14.3 Å². The van der Waals surface area contributed by atoms with Crippen LogP contribution in [0.4, 0.5) is 4.79 Å². The molecule has 0 saturated carbocycles. The first-order valence-corrected chi connectivity index (χ1v) is 9.81. The Hall–Kier alpha value is -2.66. The average molecular weight is 435 g/mol. The van der Waals surface area contributed by atoms with Gasteiger partial charge >= 0.3 is 25.0 Å². The Morgan fingerprint density at radius 3 is 2.00 bits per heavy atom. The van der Waals surface area contributed by atoms with Gasteiger partial charge in [-0.3, -0.25) is 4.90 Å². The van der Waals surface area contributed by atoms with Crippen molar-refractivity contribution in [3.63, 3.8) is 0 Å². The fourth-order valence-electron chi connectivity index (χ4n) is 3.59. The molecule has 1 aliphatic heterocycles. The van der Waals surface area contributed by atoms with E-state index in [1.54, 1.807) is 69.3 Å². The number of hydrogen-bond donors (Lipinski definition) is 0. The molecule has 3 rings (SSSR count). The second kappa shape index (κ2) is 10.3. The molecule has 32 heavy (non-hydrogen) atoms. The predicted octanol–water partition coefficient (Wildman–Crippen LogP) is -0.166. The van der Waals surface area contributed by atoms with E-state index < -0.39 is 36.0 Å². The maximum absolute atomic E-state index is 13.3. The molecule has 8 nitrogen and oxygen atoms in total. The first-order valence-electron chi connectivity index (χ1n) is 9.81. The molecule has 1 amide bonds. The van der Waals surface area contributed by atoms with Crippen LogP contribution in [0.1, 0.15) is 44.2 Å². The van der Waals surface area contributed by atoms with E-state index in [1.807, 2.05) is 0 Å². The molecule has 0 N–H and O–H groups in total. The molecule has 0 bridgehead atoms. The number of aliphatic carboxylic acids is 1. The molecule has 0 spiro atoms. The molecule has 1 heterocycles. The van der Waals surface area contributed by atoms with Gasteiger partial charge in [0, 0.05) is 0 Å². The zero-order valence-electron chi connectivity index (χ0n) is 19.2. The monoisotopic (exact) mass is 435 g/mol. The largest absolute Gasteiger partial charge is 1.00 e. The Labute approximate surface area is 199 Å². The standard InChI is InChI=1S/C23H27NO7.Li/c1-23(2,3)31-22(27)24-18(14-10-7-6-8-11-14)19(21(25)26)30-20(24)17-15(28-4)12-9-13-16(17)29-5;/h6-13,18-20H,1-5H3,(H,25,26);/q;+1/p-1/t18-,19+,20?;/m0./s1. The molecule has 0 aromatic heterocycles. The smallest absolute Gasteiger partial charge is 0.547 e. The molecule has 1 saturated heterocycles. The summed E-state index contributed by atoms with van der Waals surface area (Å²) < 4.78 is 22.5. The van der Waals surface area contributed by atoms with Gasteiger partial charge in [0.2, 0.25) is 0 Å². The summed E-state index contributed by atoms with van der Waals surface area (Å²) in [6.07, 6.45) is -3.31. The fraction of sp³-hybridized carbons (Fsp3) is 0.391. The van der Waals surface area contributed by atoms with Crippen molar-refractivity contribution in [2.24, 2.45) is 0 Å². The molecule has 1 unspecified atom stereocenters. The summed E-state index contributed by atoms with van der Waals surface area (Å²) in [5.41, 5.74) is 0.134. The molecule has 3 atom stereocenters. The van der Waals surface area contributed by atoms with Crippen LogP contribution in [0.15, 0.2) is 48.5 Å². The van der Waals surface area contributed by atoms with Gasteiger partial charge in [-0.2, -0.15) is 0 Å². The van der Waals surface area contributed by atoms with E-state index in [0.29, 0.717) is 22.6 Å². The van der Waals surface area contributed by atoms with Crippen molar-refractivity contribution in [3.05, 3.63) is 59.7 Å². The Morgan fingerprint density at radius 2 is 1.53 bits per heavy atom. The molecule has 1 fully saturated rings. The number of methoxy groups -OCH3 is 2. The van der Waals surface area contributed by atoms with Crippen LogP contribution in [0.25, 0.3) is 0 Å². The number of rotatable bonds is 5. The van der Waals surface area contributed by atoms with Crippen molar-refractivity contribution in [1.29, 1.82) is 0 Å². The third-order valence-corrected chi connectivity index (χ3v) is 4.81. The van der Waals surface area contributed by atoms with Gasteiger partial charge in [0.05, 0.1) is 31.8 Å². The number of benzene rings is 2. The van der Waals surface area contributed by atoms with E-state index in [4.69, 9.17) is 18.9 Å². The van der Waals surface area contributed by atoms with Crippen molar-refractivity contribution in [2.75, 3.05) is 14.2 Å². The van der Waals surface area contributed by atoms with Gasteiger partial charge in [0.15, 0.2) is 6.23 Å². The molecular weight excluding hydrogens is 409 g/mol. The third-order valence-electron chi connectivity index (χ3n) is 4.81. The second-order valence-corrected chi connectivity index (χ2v) is 8.05. The fourth-order valence-corrected chi connectivity index (χ4v) is 3.59. The van der Waals surface area contributed by atoms with E-state index in [1.165, 1.54) is 19.1 Å². The minimum atomic E-state index is -1.45. The summed E-state index contributed by atoms with van der Waals surface area (Å²) in [4.78, 5) is 26.6. The summed E-state index contributed by atoms with van der Waals surface area (Å²) in [5.74, 6) is -0.689. The summed E-state index contributed by atoms with van der Waals surface area (Å²) >= 11 is 0. The first-order chi connectivity index (χ1) is 14.7. The summed E-state index contributed by atoms with van der Waals surface area (Å²) in [6.45, 7) is 5.19.